The van der Waals surface area contributed by atoms with Gasteiger partial charge in [0.1, 0.15) is 12.3 Å². The second kappa shape index (κ2) is 5.97. The molecule has 12 heavy (non-hydrogen) atoms. The molecule has 1 aliphatic heterocycles. The molecule has 0 saturated carbocycles. The van der Waals surface area contributed by atoms with Gasteiger partial charge in [-0.3, -0.25) is 10.1 Å². The fourth-order valence-electron chi connectivity index (χ4n) is 0.898. The molecule has 0 spiro atoms. The van der Waals surface area contributed by atoms with Gasteiger partial charge in [0.05, 0.1) is 13.7 Å². The Morgan fingerprint density at radius 1 is 1.58 bits per heavy atom. The summed E-state index contributed by atoms with van der Waals surface area (Å²) >= 11 is 0. The minimum Gasteiger partial charge on any atom is -0.468 e. The van der Waals surface area contributed by atoms with Crippen molar-refractivity contribution in [3.8, 4) is 0 Å². The van der Waals surface area contributed by atoms with Crippen LogP contribution in [-0.2, 0) is 14.3 Å². The fraction of sp³-hybridized carbons (Fsp3) is 0.875. The molecule has 72 valence electrons. The van der Waals surface area contributed by atoms with Crippen molar-refractivity contribution >= 4 is 5.97 Å². The lowest BCUT2D eigenvalue weighted by Crippen LogP contribution is -2.36. The number of ether oxygens (including phenoxy) is 2. The van der Waals surface area contributed by atoms with Crippen molar-refractivity contribution in [3.05, 3.63) is 0 Å². The molecule has 0 amide bonds. The number of carbonyl (C=O) groups is 1. The summed E-state index contributed by atoms with van der Waals surface area (Å²) in [6.07, 6.45) is -0.0379. The molecule has 0 aromatic carbocycles. The van der Waals surface area contributed by atoms with Gasteiger partial charge in [-0.2, -0.15) is 0 Å². The zero-order valence-electron chi connectivity index (χ0n) is 8.09. The summed E-state index contributed by atoms with van der Waals surface area (Å²) in [5, 5.41) is 2.91. The van der Waals surface area contributed by atoms with Crippen LogP contribution in [0.5, 0.6) is 0 Å². The predicted octanol–water partition coefficient (Wildman–Crippen LogP) is 0.520. The first-order valence-corrected chi connectivity index (χ1v) is 4.19. The Hall–Kier alpha value is -0.610. The Morgan fingerprint density at radius 2 is 2.17 bits per heavy atom. The molecule has 4 heteroatoms. The molecular formula is C8H17NO3. The summed E-state index contributed by atoms with van der Waals surface area (Å²) in [7, 11) is 1.37. The Morgan fingerprint density at radius 3 is 2.50 bits per heavy atom. The van der Waals surface area contributed by atoms with Gasteiger partial charge in [0.15, 0.2) is 0 Å². The highest BCUT2D eigenvalue weighted by molar-refractivity contribution is 5.76. The summed E-state index contributed by atoms with van der Waals surface area (Å²) in [6, 6.07) is -0.278. The Balaban J connectivity index is 0.000000561. The molecule has 0 aliphatic carbocycles. The maximum absolute atomic E-state index is 10.8. The zero-order valence-corrected chi connectivity index (χ0v) is 8.09. The first-order chi connectivity index (χ1) is 5.74. The summed E-state index contributed by atoms with van der Waals surface area (Å²) < 4.78 is 9.58. The van der Waals surface area contributed by atoms with Crippen LogP contribution in [0.15, 0.2) is 0 Å². The lowest BCUT2D eigenvalue weighted by molar-refractivity contribution is -0.142. The summed E-state index contributed by atoms with van der Waals surface area (Å²) in [6.45, 7) is 6.26. The van der Waals surface area contributed by atoms with E-state index >= 15 is 0 Å². The first kappa shape index (κ1) is 11.4. The van der Waals surface area contributed by atoms with Crippen LogP contribution in [0.1, 0.15) is 20.8 Å². The van der Waals surface area contributed by atoms with Crippen LogP contribution in [0.2, 0.25) is 0 Å². The SMILES string of the molecule is CC.COC(=O)C1COC(C)N1. The number of rotatable bonds is 1. The Bertz CT molecular complexity index is 138. The molecule has 0 bridgehead atoms. The summed E-state index contributed by atoms with van der Waals surface area (Å²) in [5.74, 6) is -0.260. The number of methoxy groups -OCH3 is 1. The van der Waals surface area contributed by atoms with Crippen LogP contribution in [0.4, 0.5) is 0 Å². The summed E-state index contributed by atoms with van der Waals surface area (Å²) in [5.41, 5.74) is 0. The maximum Gasteiger partial charge on any atom is 0.325 e. The molecule has 0 aromatic rings. The van der Waals surface area contributed by atoms with Crippen molar-refractivity contribution in [3.63, 3.8) is 0 Å². The molecule has 1 saturated heterocycles. The van der Waals surface area contributed by atoms with Crippen molar-refractivity contribution in [2.75, 3.05) is 13.7 Å². The molecule has 1 N–H and O–H groups in total. The molecule has 0 radical (unpaired) electrons. The number of nitrogens with one attached hydrogen (secondary N) is 1. The van der Waals surface area contributed by atoms with Crippen LogP contribution in [0.25, 0.3) is 0 Å². The second-order valence-electron chi connectivity index (χ2n) is 2.22. The third kappa shape index (κ3) is 3.19. The van der Waals surface area contributed by atoms with E-state index in [-0.39, 0.29) is 18.2 Å². The van der Waals surface area contributed by atoms with Crippen LogP contribution < -0.4 is 5.32 Å². The van der Waals surface area contributed by atoms with E-state index in [2.05, 4.69) is 10.1 Å². The molecule has 1 fully saturated rings. The Kier molecular flexibility index (Phi) is 5.66. The number of carbonyl (C=O) groups excluding carboxylic acids is 1. The van der Waals surface area contributed by atoms with E-state index in [1.54, 1.807) is 0 Å². The maximum atomic E-state index is 10.8. The van der Waals surface area contributed by atoms with Gasteiger partial charge in [0, 0.05) is 0 Å². The smallest absolute Gasteiger partial charge is 0.325 e. The van der Waals surface area contributed by atoms with Gasteiger partial charge in [-0.25, -0.2) is 0 Å². The summed E-state index contributed by atoms with van der Waals surface area (Å²) in [4.78, 5) is 10.8. The van der Waals surface area contributed by atoms with Crippen molar-refractivity contribution in [2.24, 2.45) is 0 Å². The van der Waals surface area contributed by atoms with E-state index in [1.165, 1.54) is 7.11 Å². The highest BCUT2D eigenvalue weighted by atomic mass is 16.5. The lowest BCUT2D eigenvalue weighted by atomic mass is 10.3. The number of hydrogen-bond donors (Lipinski definition) is 1. The molecular weight excluding hydrogens is 158 g/mol. The van der Waals surface area contributed by atoms with Crippen molar-refractivity contribution in [2.45, 2.75) is 33.0 Å². The highest BCUT2D eigenvalue weighted by Gasteiger charge is 2.27. The van der Waals surface area contributed by atoms with Gasteiger partial charge in [-0.15, -0.1) is 0 Å². The lowest BCUT2D eigenvalue weighted by Gasteiger charge is -2.05. The third-order valence-electron chi connectivity index (χ3n) is 1.43. The van der Waals surface area contributed by atoms with E-state index in [1.807, 2.05) is 20.8 Å². The average Bonchev–Trinajstić information content (AvgIpc) is 2.54. The van der Waals surface area contributed by atoms with Gasteiger partial charge in [-0.05, 0) is 6.92 Å². The zero-order chi connectivity index (χ0) is 9.56. The predicted molar refractivity (Wildman–Crippen MR) is 45.7 cm³/mol. The van der Waals surface area contributed by atoms with Crippen LogP contribution in [0.3, 0.4) is 0 Å². The van der Waals surface area contributed by atoms with Gasteiger partial charge in [0.25, 0.3) is 0 Å². The molecule has 4 nitrogen and oxygen atoms in total. The average molecular weight is 175 g/mol. The monoisotopic (exact) mass is 175 g/mol. The first-order valence-electron chi connectivity index (χ1n) is 4.19. The third-order valence-corrected chi connectivity index (χ3v) is 1.43. The molecule has 0 aromatic heterocycles. The van der Waals surface area contributed by atoms with Crippen LogP contribution in [-0.4, -0.2) is 32.0 Å². The Labute approximate surface area is 73.2 Å². The van der Waals surface area contributed by atoms with Gasteiger partial charge in [-0.1, -0.05) is 13.8 Å². The van der Waals surface area contributed by atoms with E-state index in [4.69, 9.17) is 4.74 Å². The largest absolute Gasteiger partial charge is 0.468 e. The van der Waals surface area contributed by atoms with E-state index in [9.17, 15) is 4.79 Å². The number of esters is 1. The molecule has 1 aliphatic rings. The number of hydrogen-bond acceptors (Lipinski definition) is 4. The molecule has 1 rings (SSSR count). The molecule has 1 heterocycles. The van der Waals surface area contributed by atoms with Gasteiger partial charge >= 0.3 is 5.97 Å². The topological polar surface area (TPSA) is 47.6 Å². The fourth-order valence-corrected chi connectivity index (χ4v) is 0.898. The van der Waals surface area contributed by atoms with E-state index < -0.39 is 0 Å². The normalized spacial score (nSPS) is 27.3. The van der Waals surface area contributed by atoms with Crippen molar-refractivity contribution in [1.82, 2.24) is 5.32 Å². The van der Waals surface area contributed by atoms with E-state index in [0.29, 0.717) is 6.61 Å². The van der Waals surface area contributed by atoms with Crippen LogP contribution >= 0.6 is 0 Å². The minimum atomic E-state index is -0.278. The van der Waals surface area contributed by atoms with E-state index in [0.717, 1.165) is 0 Å². The van der Waals surface area contributed by atoms with Crippen molar-refractivity contribution < 1.29 is 14.3 Å². The quantitative estimate of drug-likeness (QED) is 0.590. The van der Waals surface area contributed by atoms with Crippen molar-refractivity contribution in [1.29, 1.82) is 0 Å². The highest BCUT2D eigenvalue weighted by Crippen LogP contribution is 2.02. The standard InChI is InChI=1S/C6H11NO3.C2H6/c1-4-7-5(3-10-4)6(8)9-2;1-2/h4-5,7H,3H2,1-2H3;1-2H3. The molecule has 2 atom stereocenters. The van der Waals surface area contributed by atoms with Crippen LogP contribution in [0, 0.1) is 0 Å². The van der Waals surface area contributed by atoms with Gasteiger partial charge in [0.2, 0.25) is 0 Å². The van der Waals surface area contributed by atoms with Gasteiger partial charge < -0.3 is 9.47 Å². The minimum absolute atomic E-state index is 0.0379. The second-order valence-corrected chi connectivity index (χ2v) is 2.22. The molecule has 2 unspecified atom stereocenters.